The van der Waals surface area contributed by atoms with Crippen molar-refractivity contribution >= 4 is 40.7 Å². The Balaban J connectivity index is 2.12. The van der Waals surface area contributed by atoms with E-state index in [-0.39, 0.29) is 32.9 Å². The largest absolute Gasteiger partial charge is 0.393 e. The normalized spacial score (nSPS) is 23.1. The fourth-order valence-corrected chi connectivity index (χ4v) is 2.13. The highest BCUT2D eigenvalue weighted by Crippen LogP contribution is 2.31. The van der Waals surface area contributed by atoms with Gasteiger partial charge in [-0.3, -0.25) is 4.79 Å². The maximum Gasteiger partial charge on any atom is 0.271 e. The molecule has 0 unspecified atom stereocenters. The molecule has 92 valence electrons. The second-order valence-corrected chi connectivity index (χ2v) is 5.04. The second kappa shape index (κ2) is 4.98. The van der Waals surface area contributed by atoms with Gasteiger partial charge in [-0.15, -0.1) is 0 Å². The topological polar surface area (TPSA) is 62.2 Å². The lowest BCUT2D eigenvalue weighted by Gasteiger charge is -2.31. The minimum absolute atomic E-state index is 0.0372. The van der Waals surface area contributed by atoms with E-state index in [0.717, 1.165) is 0 Å². The molecule has 1 aromatic heterocycles. The van der Waals surface area contributed by atoms with Crippen molar-refractivity contribution in [3.05, 3.63) is 27.0 Å². The summed E-state index contributed by atoms with van der Waals surface area (Å²) in [6.45, 7) is 0. The van der Waals surface area contributed by atoms with Crippen LogP contribution in [0.15, 0.2) is 6.20 Å². The Morgan fingerprint density at radius 1 is 1.35 bits per heavy atom. The van der Waals surface area contributed by atoms with E-state index in [1.54, 1.807) is 0 Å². The van der Waals surface area contributed by atoms with Crippen molar-refractivity contribution in [1.29, 1.82) is 0 Å². The zero-order chi connectivity index (χ0) is 12.6. The maximum atomic E-state index is 11.8. The summed E-state index contributed by atoms with van der Waals surface area (Å²) >= 11 is 17.4. The molecule has 1 aromatic rings. The number of halogens is 3. The quantitative estimate of drug-likeness (QED) is 0.880. The van der Waals surface area contributed by atoms with Gasteiger partial charge in [0, 0.05) is 12.2 Å². The van der Waals surface area contributed by atoms with Crippen LogP contribution in [0.5, 0.6) is 0 Å². The Morgan fingerprint density at radius 3 is 2.59 bits per heavy atom. The number of carbonyl (C=O) groups is 1. The summed E-state index contributed by atoms with van der Waals surface area (Å²) in [4.78, 5) is 15.6. The van der Waals surface area contributed by atoms with Gasteiger partial charge in [0.25, 0.3) is 5.91 Å². The van der Waals surface area contributed by atoms with Gasteiger partial charge in [-0.05, 0) is 12.8 Å². The molecule has 0 saturated heterocycles. The van der Waals surface area contributed by atoms with E-state index in [1.165, 1.54) is 6.20 Å². The number of carbonyl (C=O) groups excluding carboxylic acids is 1. The van der Waals surface area contributed by atoms with Crippen LogP contribution >= 0.6 is 34.8 Å². The average molecular weight is 296 g/mol. The van der Waals surface area contributed by atoms with Crippen LogP contribution < -0.4 is 5.32 Å². The van der Waals surface area contributed by atoms with Crippen molar-refractivity contribution in [3.8, 4) is 0 Å². The monoisotopic (exact) mass is 294 g/mol. The Labute approximate surface area is 113 Å². The SMILES string of the molecule is O=C(NC1CC(O)C1)c1ncc(Cl)c(Cl)c1Cl. The van der Waals surface area contributed by atoms with Crippen molar-refractivity contribution < 1.29 is 9.90 Å². The third-order valence-electron chi connectivity index (χ3n) is 2.58. The number of amides is 1. The highest BCUT2D eigenvalue weighted by atomic mass is 35.5. The average Bonchev–Trinajstić information content (AvgIpc) is 2.24. The third kappa shape index (κ3) is 2.65. The molecule has 1 saturated carbocycles. The van der Waals surface area contributed by atoms with Gasteiger partial charge in [-0.1, -0.05) is 34.8 Å². The van der Waals surface area contributed by atoms with Crippen LogP contribution in [0.1, 0.15) is 23.3 Å². The Hall–Kier alpha value is -0.550. The zero-order valence-corrected chi connectivity index (χ0v) is 10.9. The van der Waals surface area contributed by atoms with Crippen molar-refractivity contribution in [2.45, 2.75) is 25.0 Å². The van der Waals surface area contributed by atoms with E-state index in [1.807, 2.05) is 0 Å². The fraction of sp³-hybridized carbons (Fsp3) is 0.400. The van der Waals surface area contributed by atoms with Crippen LogP contribution in [-0.4, -0.2) is 28.1 Å². The predicted molar refractivity (Wildman–Crippen MR) is 65.8 cm³/mol. The molecule has 0 aromatic carbocycles. The molecule has 2 N–H and O–H groups in total. The van der Waals surface area contributed by atoms with Gasteiger partial charge in [0.1, 0.15) is 5.69 Å². The summed E-state index contributed by atoms with van der Waals surface area (Å²) < 4.78 is 0. The summed E-state index contributed by atoms with van der Waals surface area (Å²) in [5, 5.41) is 12.2. The van der Waals surface area contributed by atoms with E-state index < -0.39 is 5.91 Å². The molecule has 1 amide bonds. The standard InChI is InChI=1S/C10H9Cl3N2O2/c11-6-3-14-9(8(13)7(6)12)10(17)15-4-1-5(16)2-4/h3-5,16H,1-2H2,(H,15,17). The Kier molecular flexibility index (Phi) is 3.78. The smallest absolute Gasteiger partial charge is 0.271 e. The predicted octanol–water partition coefficient (Wildman–Crippen LogP) is 2.29. The molecule has 0 atom stereocenters. The van der Waals surface area contributed by atoms with Gasteiger partial charge in [0.05, 0.1) is 21.2 Å². The molecular weight excluding hydrogens is 286 g/mol. The van der Waals surface area contributed by atoms with Gasteiger partial charge >= 0.3 is 0 Å². The van der Waals surface area contributed by atoms with Gasteiger partial charge in [-0.2, -0.15) is 0 Å². The lowest BCUT2D eigenvalue weighted by Crippen LogP contribution is -2.47. The molecule has 0 radical (unpaired) electrons. The molecular formula is C10H9Cl3N2O2. The number of rotatable bonds is 2. The van der Waals surface area contributed by atoms with Crippen molar-refractivity contribution in [2.24, 2.45) is 0 Å². The van der Waals surface area contributed by atoms with Gasteiger partial charge < -0.3 is 10.4 Å². The first-order valence-electron chi connectivity index (χ1n) is 4.97. The first kappa shape index (κ1) is 12.9. The van der Waals surface area contributed by atoms with Crippen LogP contribution in [-0.2, 0) is 0 Å². The van der Waals surface area contributed by atoms with E-state index in [0.29, 0.717) is 12.8 Å². The lowest BCUT2D eigenvalue weighted by atomic mass is 9.89. The molecule has 1 heterocycles. The highest BCUT2D eigenvalue weighted by Gasteiger charge is 2.29. The molecule has 1 aliphatic carbocycles. The minimum Gasteiger partial charge on any atom is -0.393 e. The number of hydrogen-bond acceptors (Lipinski definition) is 3. The number of nitrogens with one attached hydrogen (secondary N) is 1. The van der Waals surface area contributed by atoms with Crippen LogP contribution in [0.2, 0.25) is 15.1 Å². The molecule has 4 nitrogen and oxygen atoms in total. The molecule has 1 aliphatic rings. The van der Waals surface area contributed by atoms with Crippen LogP contribution in [0, 0.1) is 0 Å². The van der Waals surface area contributed by atoms with Gasteiger partial charge in [-0.25, -0.2) is 4.98 Å². The minimum atomic E-state index is -0.412. The number of pyridine rings is 1. The zero-order valence-electron chi connectivity index (χ0n) is 8.58. The van der Waals surface area contributed by atoms with Gasteiger partial charge in [0.15, 0.2) is 0 Å². The molecule has 0 spiro atoms. The molecule has 2 rings (SSSR count). The third-order valence-corrected chi connectivity index (χ3v) is 3.82. The lowest BCUT2D eigenvalue weighted by molar-refractivity contribution is 0.0560. The first-order valence-corrected chi connectivity index (χ1v) is 6.11. The Morgan fingerprint density at radius 2 is 2.00 bits per heavy atom. The summed E-state index contributed by atoms with van der Waals surface area (Å²) in [6, 6.07) is -0.0372. The summed E-state index contributed by atoms with van der Waals surface area (Å²) in [7, 11) is 0. The molecule has 0 bridgehead atoms. The number of hydrogen-bond donors (Lipinski definition) is 2. The highest BCUT2D eigenvalue weighted by molar-refractivity contribution is 6.48. The summed E-state index contributed by atoms with van der Waals surface area (Å²) in [5.74, 6) is -0.412. The molecule has 17 heavy (non-hydrogen) atoms. The number of aliphatic hydroxyl groups is 1. The van der Waals surface area contributed by atoms with E-state index >= 15 is 0 Å². The molecule has 7 heteroatoms. The van der Waals surface area contributed by atoms with Crippen molar-refractivity contribution in [2.75, 3.05) is 0 Å². The van der Waals surface area contributed by atoms with E-state index in [2.05, 4.69) is 10.3 Å². The van der Waals surface area contributed by atoms with Crippen LogP contribution in [0.4, 0.5) is 0 Å². The van der Waals surface area contributed by atoms with Crippen molar-refractivity contribution in [1.82, 2.24) is 10.3 Å². The van der Waals surface area contributed by atoms with Gasteiger partial charge in [0.2, 0.25) is 0 Å². The van der Waals surface area contributed by atoms with Crippen LogP contribution in [0.3, 0.4) is 0 Å². The summed E-state index contributed by atoms with van der Waals surface area (Å²) in [5.41, 5.74) is 0.0439. The van der Waals surface area contributed by atoms with Crippen molar-refractivity contribution in [3.63, 3.8) is 0 Å². The van der Waals surface area contributed by atoms with Crippen LogP contribution in [0.25, 0.3) is 0 Å². The first-order chi connectivity index (χ1) is 7.99. The Bertz CT molecular complexity index is 461. The number of aromatic nitrogens is 1. The maximum absolute atomic E-state index is 11.8. The second-order valence-electron chi connectivity index (χ2n) is 3.88. The molecule has 1 fully saturated rings. The fourth-order valence-electron chi connectivity index (χ4n) is 1.56. The molecule has 0 aliphatic heterocycles. The van der Waals surface area contributed by atoms with E-state index in [9.17, 15) is 4.79 Å². The summed E-state index contributed by atoms with van der Waals surface area (Å²) in [6.07, 6.45) is 2.04. The van der Waals surface area contributed by atoms with E-state index in [4.69, 9.17) is 39.9 Å². The number of aliphatic hydroxyl groups excluding tert-OH is 1. The number of nitrogens with zero attached hydrogens (tertiary/aromatic N) is 1.